The number of nitrogens with zero attached hydrogens (tertiary/aromatic N) is 1. The van der Waals surface area contributed by atoms with Crippen LogP contribution in [0.1, 0.15) is 72.6 Å². The number of hydrogen-bond donors (Lipinski definition) is 1. The fraction of sp³-hybridized carbons (Fsp3) is 1.00. The lowest BCUT2D eigenvalue weighted by Gasteiger charge is -2.42. The molecule has 2 aliphatic rings. The molecule has 21 heavy (non-hydrogen) atoms. The summed E-state index contributed by atoms with van der Waals surface area (Å²) in [6.07, 6.45) is 9.68. The van der Waals surface area contributed by atoms with E-state index in [2.05, 4.69) is 45.0 Å². The van der Waals surface area contributed by atoms with Crippen molar-refractivity contribution >= 4 is 0 Å². The first-order valence-electron chi connectivity index (χ1n) is 9.26. The predicted octanol–water partition coefficient (Wildman–Crippen LogP) is 4.30. The second-order valence-corrected chi connectivity index (χ2v) is 8.89. The summed E-state index contributed by atoms with van der Waals surface area (Å²) in [5.74, 6) is 0.944. The van der Waals surface area contributed by atoms with E-state index in [4.69, 9.17) is 0 Å². The summed E-state index contributed by atoms with van der Waals surface area (Å²) in [5, 5.41) is 3.92. The van der Waals surface area contributed by atoms with Gasteiger partial charge in [-0.2, -0.15) is 0 Å². The average molecular weight is 295 g/mol. The van der Waals surface area contributed by atoms with Crippen molar-refractivity contribution in [2.24, 2.45) is 16.7 Å². The number of nitrogens with one attached hydrogen (secondary N) is 1. The minimum Gasteiger partial charge on any atom is -0.313 e. The van der Waals surface area contributed by atoms with Crippen molar-refractivity contribution in [3.63, 3.8) is 0 Å². The molecule has 0 aromatic rings. The summed E-state index contributed by atoms with van der Waals surface area (Å²) >= 11 is 0. The predicted molar refractivity (Wildman–Crippen MR) is 92.7 cm³/mol. The minimum atomic E-state index is 0.534. The molecule has 2 fully saturated rings. The molecule has 2 heteroatoms. The Morgan fingerprint density at radius 1 is 1.10 bits per heavy atom. The first kappa shape index (κ1) is 17.3. The van der Waals surface area contributed by atoms with E-state index in [-0.39, 0.29) is 0 Å². The van der Waals surface area contributed by atoms with Crippen LogP contribution in [-0.4, -0.2) is 37.6 Å². The fourth-order valence-electron chi connectivity index (χ4n) is 4.09. The van der Waals surface area contributed by atoms with Gasteiger partial charge in [0.1, 0.15) is 0 Å². The maximum absolute atomic E-state index is 3.92. The SMILES string of the molecule is CCC(C)(C)C1CCC(NCC2(C)CCN(C)CC2)CC1. The Kier molecular flexibility index (Phi) is 5.76. The van der Waals surface area contributed by atoms with Gasteiger partial charge in [-0.1, -0.05) is 34.1 Å². The number of piperidine rings is 1. The smallest absolute Gasteiger partial charge is 0.00675 e. The largest absolute Gasteiger partial charge is 0.313 e. The highest BCUT2D eigenvalue weighted by molar-refractivity contribution is 4.88. The Morgan fingerprint density at radius 3 is 2.19 bits per heavy atom. The zero-order valence-corrected chi connectivity index (χ0v) is 15.2. The molecule has 124 valence electrons. The van der Waals surface area contributed by atoms with Gasteiger partial charge >= 0.3 is 0 Å². The van der Waals surface area contributed by atoms with Gasteiger partial charge in [-0.25, -0.2) is 0 Å². The van der Waals surface area contributed by atoms with Gasteiger partial charge < -0.3 is 10.2 Å². The first-order chi connectivity index (χ1) is 9.85. The average Bonchev–Trinajstić information content (AvgIpc) is 2.49. The lowest BCUT2D eigenvalue weighted by molar-refractivity contribution is 0.113. The molecule has 0 unspecified atom stereocenters. The lowest BCUT2D eigenvalue weighted by atomic mass is 9.69. The summed E-state index contributed by atoms with van der Waals surface area (Å²) in [6.45, 7) is 13.5. The molecule has 2 nitrogen and oxygen atoms in total. The normalized spacial score (nSPS) is 31.3. The Hall–Kier alpha value is -0.0800. The summed E-state index contributed by atoms with van der Waals surface area (Å²) < 4.78 is 0. The van der Waals surface area contributed by atoms with Gasteiger partial charge in [-0.3, -0.25) is 0 Å². The van der Waals surface area contributed by atoms with Gasteiger partial charge in [0.05, 0.1) is 0 Å². The van der Waals surface area contributed by atoms with Gasteiger partial charge in [0.2, 0.25) is 0 Å². The summed E-state index contributed by atoms with van der Waals surface area (Å²) in [6, 6.07) is 0.783. The molecule has 1 heterocycles. The summed E-state index contributed by atoms with van der Waals surface area (Å²) in [7, 11) is 2.25. The lowest BCUT2D eigenvalue weighted by Crippen LogP contribution is -2.45. The van der Waals surface area contributed by atoms with Crippen LogP contribution in [-0.2, 0) is 0 Å². The molecular weight excluding hydrogens is 256 g/mol. The van der Waals surface area contributed by atoms with Crippen LogP contribution in [0.25, 0.3) is 0 Å². The second-order valence-electron chi connectivity index (χ2n) is 8.89. The third-order valence-electron chi connectivity index (χ3n) is 6.76. The van der Waals surface area contributed by atoms with E-state index in [0.717, 1.165) is 12.0 Å². The Balaban J connectivity index is 1.72. The molecule has 0 spiro atoms. The molecule has 1 aliphatic heterocycles. The second kappa shape index (κ2) is 7.00. The van der Waals surface area contributed by atoms with E-state index < -0.39 is 0 Å². The molecule has 2 rings (SSSR count). The summed E-state index contributed by atoms with van der Waals surface area (Å²) in [4.78, 5) is 2.47. The number of rotatable bonds is 5. The van der Waals surface area contributed by atoms with Crippen LogP contribution in [0.4, 0.5) is 0 Å². The van der Waals surface area contributed by atoms with Gasteiger partial charge in [-0.15, -0.1) is 0 Å². The fourth-order valence-corrected chi connectivity index (χ4v) is 4.09. The van der Waals surface area contributed by atoms with E-state index in [0.29, 0.717) is 10.8 Å². The van der Waals surface area contributed by atoms with Gasteiger partial charge in [0, 0.05) is 12.6 Å². The molecule has 1 aliphatic carbocycles. The molecule has 1 N–H and O–H groups in total. The van der Waals surface area contributed by atoms with Crippen molar-refractivity contribution in [2.75, 3.05) is 26.7 Å². The summed E-state index contributed by atoms with van der Waals surface area (Å²) in [5.41, 5.74) is 1.08. The van der Waals surface area contributed by atoms with Gasteiger partial charge in [0.25, 0.3) is 0 Å². The Morgan fingerprint density at radius 2 is 1.67 bits per heavy atom. The molecule has 0 amide bonds. The van der Waals surface area contributed by atoms with Crippen LogP contribution in [0, 0.1) is 16.7 Å². The third-order valence-corrected chi connectivity index (χ3v) is 6.76. The minimum absolute atomic E-state index is 0.534. The Bertz CT molecular complexity index is 308. The quantitative estimate of drug-likeness (QED) is 0.813. The van der Waals surface area contributed by atoms with Crippen LogP contribution < -0.4 is 5.32 Å². The number of hydrogen-bond acceptors (Lipinski definition) is 2. The monoisotopic (exact) mass is 294 g/mol. The van der Waals surface area contributed by atoms with Gasteiger partial charge in [-0.05, 0) is 75.4 Å². The third kappa shape index (κ3) is 4.69. The Labute approximate surface area is 133 Å². The molecule has 0 aromatic carbocycles. The van der Waals surface area contributed by atoms with Crippen molar-refractivity contribution in [3.8, 4) is 0 Å². The molecule has 1 saturated heterocycles. The molecule has 0 radical (unpaired) electrons. The molecule has 0 bridgehead atoms. The van der Waals surface area contributed by atoms with Crippen LogP contribution in [0.5, 0.6) is 0 Å². The maximum atomic E-state index is 3.92. The van der Waals surface area contributed by atoms with Crippen molar-refractivity contribution in [1.82, 2.24) is 10.2 Å². The van der Waals surface area contributed by atoms with Crippen LogP contribution in [0.3, 0.4) is 0 Å². The molecule has 0 atom stereocenters. The topological polar surface area (TPSA) is 15.3 Å². The van der Waals surface area contributed by atoms with Crippen molar-refractivity contribution < 1.29 is 0 Å². The number of likely N-dealkylation sites (tertiary alicyclic amines) is 1. The highest BCUT2D eigenvalue weighted by atomic mass is 15.1. The van der Waals surface area contributed by atoms with Crippen molar-refractivity contribution in [1.29, 1.82) is 0 Å². The first-order valence-corrected chi connectivity index (χ1v) is 9.26. The standard InChI is InChI=1S/C19H38N2/c1-6-18(2,3)16-7-9-17(10-8-16)20-15-19(4)11-13-21(5)14-12-19/h16-17,20H,6-15H2,1-5H3. The van der Waals surface area contributed by atoms with Crippen LogP contribution in [0.2, 0.25) is 0 Å². The molecule has 1 saturated carbocycles. The van der Waals surface area contributed by atoms with E-state index in [1.54, 1.807) is 0 Å². The van der Waals surface area contributed by atoms with E-state index >= 15 is 0 Å². The van der Waals surface area contributed by atoms with E-state index in [1.165, 1.54) is 64.6 Å². The molecule has 0 aromatic heterocycles. The van der Waals surface area contributed by atoms with Crippen molar-refractivity contribution in [3.05, 3.63) is 0 Å². The van der Waals surface area contributed by atoms with Crippen LogP contribution in [0.15, 0.2) is 0 Å². The zero-order valence-electron chi connectivity index (χ0n) is 15.2. The van der Waals surface area contributed by atoms with Crippen molar-refractivity contribution in [2.45, 2.75) is 78.7 Å². The highest BCUT2D eigenvalue weighted by Crippen LogP contribution is 2.40. The zero-order chi connectivity index (χ0) is 15.5. The molecular formula is C19H38N2. The van der Waals surface area contributed by atoms with E-state index in [9.17, 15) is 0 Å². The highest BCUT2D eigenvalue weighted by Gasteiger charge is 2.33. The van der Waals surface area contributed by atoms with Crippen LogP contribution >= 0.6 is 0 Å². The van der Waals surface area contributed by atoms with E-state index in [1.807, 2.05) is 0 Å². The maximum Gasteiger partial charge on any atom is 0.00675 e. The van der Waals surface area contributed by atoms with Gasteiger partial charge in [0.15, 0.2) is 0 Å².